The predicted octanol–water partition coefficient (Wildman–Crippen LogP) is 1.49. The first kappa shape index (κ1) is 20.4. The van der Waals surface area contributed by atoms with E-state index in [1.165, 1.54) is 24.3 Å². The highest BCUT2D eigenvalue weighted by atomic mass is 32.2. The zero-order valence-corrected chi connectivity index (χ0v) is 14.7. The number of anilines is 1. The number of benzene rings is 1. The molecule has 0 saturated carbocycles. The van der Waals surface area contributed by atoms with Gasteiger partial charge in [-0.05, 0) is 30.3 Å². The van der Waals surface area contributed by atoms with E-state index in [1.54, 1.807) is 0 Å². The van der Waals surface area contributed by atoms with Crippen molar-refractivity contribution in [1.82, 2.24) is 9.78 Å². The van der Waals surface area contributed by atoms with Crippen LogP contribution >= 0.6 is 0 Å². The third kappa shape index (κ3) is 6.09. The predicted molar refractivity (Wildman–Crippen MR) is 86.4 cm³/mol. The fourth-order valence-electron chi connectivity index (χ4n) is 1.91. The van der Waals surface area contributed by atoms with Gasteiger partial charge in [-0.1, -0.05) is 0 Å². The third-order valence-corrected chi connectivity index (χ3v) is 4.28. The Bertz CT molecular complexity index is 936. The van der Waals surface area contributed by atoms with E-state index in [0.717, 1.165) is 17.1 Å². The van der Waals surface area contributed by atoms with E-state index < -0.39 is 46.7 Å². The summed E-state index contributed by atoms with van der Waals surface area (Å²) in [6.45, 7) is -1.26. The van der Waals surface area contributed by atoms with Gasteiger partial charge in [-0.2, -0.15) is 18.3 Å². The number of nitrogens with one attached hydrogen (secondary N) is 1. The second kappa shape index (κ2) is 7.78. The Morgan fingerprint density at radius 2 is 1.81 bits per heavy atom. The minimum absolute atomic E-state index is 0.0735. The van der Waals surface area contributed by atoms with Crippen molar-refractivity contribution >= 4 is 27.4 Å². The molecule has 0 aliphatic heterocycles. The number of alkyl halides is 3. The maximum atomic E-state index is 12.4. The zero-order valence-electron chi connectivity index (χ0n) is 13.9. The van der Waals surface area contributed by atoms with E-state index in [0.29, 0.717) is 6.07 Å². The molecule has 0 unspecified atom stereocenters. The largest absolute Gasteiger partial charge is 0.454 e. The van der Waals surface area contributed by atoms with Crippen molar-refractivity contribution in [2.75, 3.05) is 18.2 Å². The van der Waals surface area contributed by atoms with E-state index in [9.17, 15) is 31.2 Å². The fourth-order valence-corrected chi connectivity index (χ4v) is 2.54. The van der Waals surface area contributed by atoms with Crippen LogP contribution in [-0.4, -0.2) is 42.9 Å². The van der Waals surface area contributed by atoms with Gasteiger partial charge < -0.3 is 10.1 Å². The highest BCUT2D eigenvalue weighted by molar-refractivity contribution is 7.90. The summed E-state index contributed by atoms with van der Waals surface area (Å²) in [5, 5.41) is 5.57. The number of amides is 1. The van der Waals surface area contributed by atoms with Gasteiger partial charge in [0.1, 0.15) is 6.54 Å². The highest BCUT2D eigenvalue weighted by Crippen LogP contribution is 2.27. The quantitative estimate of drug-likeness (QED) is 0.730. The van der Waals surface area contributed by atoms with Gasteiger partial charge in [0.15, 0.2) is 22.1 Å². The van der Waals surface area contributed by atoms with Crippen molar-refractivity contribution in [2.24, 2.45) is 0 Å². The van der Waals surface area contributed by atoms with Crippen LogP contribution in [0.15, 0.2) is 41.4 Å². The van der Waals surface area contributed by atoms with Gasteiger partial charge in [0.25, 0.3) is 5.91 Å². The van der Waals surface area contributed by atoms with Crippen LogP contribution < -0.4 is 5.32 Å². The molecule has 146 valence electrons. The number of aromatic nitrogens is 2. The lowest BCUT2D eigenvalue weighted by molar-refractivity contribution is -0.148. The Balaban J connectivity index is 1.83. The van der Waals surface area contributed by atoms with Gasteiger partial charge >= 0.3 is 12.1 Å². The molecule has 1 amide bonds. The number of sulfone groups is 1. The van der Waals surface area contributed by atoms with Crippen molar-refractivity contribution in [2.45, 2.75) is 17.6 Å². The van der Waals surface area contributed by atoms with Gasteiger partial charge in [0.05, 0.1) is 4.90 Å². The molecular formula is C15H14F3N3O5S. The minimum atomic E-state index is -4.62. The highest BCUT2D eigenvalue weighted by Gasteiger charge is 2.33. The van der Waals surface area contributed by atoms with Crippen molar-refractivity contribution in [1.29, 1.82) is 0 Å². The monoisotopic (exact) mass is 405 g/mol. The van der Waals surface area contributed by atoms with Crippen LogP contribution in [0.1, 0.15) is 5.69 Å². The molecule has 1 aromatic carbocycles. The normalized spacial score (nSPS) is 11.9. The number of carbonyl (C=O) groups is 2. The zero-order chi connectivity index (χ0) is 20.2. The Kier molecular flexibility index (Phi) is 5.88. The molecule has 0 fully saturated rings. The molecule has 1 aromatic heterocycles. The first-order valence-electron chi connectivity index (χ1n) is 7.31. The maximum Gasteiger partial charge on any atom is 0.435 e. The molecule has 12 heteroatoms. The lowest BCUT2D eigenvalue weighted by Gasteiger charge is -2.07. The molecular weight excluding hydrogens is 391 g/mol. The fraction of sp³-hybridized carbons (Fsp3) is 0.267. The molecule has 1 N–H and O–H groups in total. The number of hydrogen-bond acceptors (Lipinski definition) is 6. The molecule has 27 heavy (non-hydrogen) atoms. The first-order chi connectivity index (χ1) is 12.4. The lowest BCUT2D eigenvalue weighted by Crippen LogP contribution is -2.23. The SMILES string of the molecule is CS(=O)(=O)c1ccc(NC(=O)COC(=O)Cn2ccc(C(F)(F)F)n2)cc1. The Morgan fingerprint density at radius 1 is 1.19 bits per heavy atom. The summed E-state index contributed by atoms with van der Waals surface area (Å²) < 4.78 is 65.3. The third-order valence-electron chi connectivity index (χ3n) is 3.15. The molecule has 0 spiro atoms. The summed E-state index contributed by atoms with van der Waals surface area (Å²) in [4.78, 5) is 23.4. The number of halogens is 3. The molecule has 1 heterocycles. The van der Waals surface area contributed by atoms with E-state index in [1.807, 2.05) is 0 Å². The molecule has 0 atom stereocenters. The van der Waals surface area contributed by atoms with E-state index in [4.69, 9.17) is 0 Å². The van der Waals surface area contributed by atoms with Crippen LogP contribution in [0.2, 0.25) is 0 Å². The van der Waals surface area contributed by atoms with Crippen LogP contribution in [0.4, 0.5) is 18.9 Å². The first-order valence-corrected chi connectivity index (χ1v) is 9.20. The Morgan fingerprint density at radius 3 is 2.33 bits per heavy atom. The average molecular weight is 405 g/mol. The van der Waals surface area contributed by atoms with E-state index >= 15 is 0 Å². The summed E-state index contributed by atoms with van der Waals surface area (Å²) in [6.07, 6.45) is -2.62. The lowest BCUT2D eigenvalue weighted by atomic mass is 10.3. The summed E-state index contributed by atoms with van der Waals surface area (Å²) >= 11 is 0. The smallest absolute Gasteiger partial charge is 0.435 e. The second-order valence-electron chi connectivity index (χ2n) is 5.40. The van der Waals surface area contributed by atoms with E-state index in [2.05, 4.69) is 15.2 Å². The average Bonchev–Trinajstić information content (AvgIpc) is 3.01. The van der Waals surface area contributed by atoms with Crippen LogP contribution in [0.5, 0.6) is 0 Å². The summed E-state index contributed by atoms with van der Waals surface area (Å²) in [6, 6.07) is 6.02. The minimum Gasteiger partial charge on any atom is -0.454 e. The number of esters is 1. The Labute approximate surface area is 151 Å². The Hall–Kier alpha value is -2.89. The van der Waals surface area contributed by atoms with Crippen LogP contribution in [0.3, 0.4) is 0 Å². The van der Waals surface area contributed by atoms with Crippen LogP contribution in [0.25, 0.3) is 0 Å². The van der Waals surface area contributed by atoms with Gasteiger partial charge in [0, 0.05) is 18.1 Å². The van der Waals surface area contributed by atoms with Gasteiger partial charge in [-0.25, -0.2) is 8.42 Å². The molecule has 0 aliphatic carbocycles. The maximum absolute atomic E-state index is 12.4. The second-order valence-corrected chi connectivity index (χ2v) is 7.42. The summed E-state index contributed by atoms with van der Waals surface area (Å²) in [5.41, 5.74) is -0.865. The standard InChI is InChI=1S/C15H14F3N3O5S/c1-27(24,25)11-4-2-10(3-5-11)19-13(22)9-26-14(23)8-21-7-6-12(20-21)15(16,17)18/h2-7H,8-9H2,1H3,(H,19,22). The molecule has 0 radical (unpaired) electrons. The van der Waals surface area contributed by atoms with Crippen molar-refractivity contribution in [3.05, 3.63) is 42.2 Å². The number of ether oxygens (including phenoxy) is 1. The number of nitrogens with zero attached hydrogens (tertiary/aromatic N) is 2. The molecule has 0 saturated heterocycles. The molecule has 8 nitrogen and oxygen atoms in total. The van der Waals surface area contributed by atoms with Crippen molar-refractivity contribution in [3.8, 4) is 0 Å². The van der Waals surface area contributed by atoms with Gasteiger partial charge in [-0.3, -0.25) is 14.3 Å². The van der Waals surface area contributed by atoms with Gasteiger partial charge in [-0.15, -0.1) is 0 Å². The summed E-state index contributed by atoms with van der Waals surface area (Å²) in [5.74, 6) is -1.65. The van der Waals surface area contributed by atoms with Crippen LogP contribution in [-0.2, 0) is 36.9 Å². The van der Waals surface area contributed by atoms with Crippen molar-refractivity contribution in [3.63, 3.8) is 0 Å². The molecule has 0 aliphatic rings. The van der Waals surface area contributed by atoms with Crippen LogP contribution in [0, 0.1) is 0 Å². The number of carbonyl (C=O) groups excluding carboxylic acids is 2. The molecule has 0 bridgehead atoms. The number of rotatable bonds is 6. The summed E-state index contributed by atoms with van der Waals surface area (Å²) in [7, 11) is -3.37. The van der Waals surface area contributed by atoms with Gasteiger partial charge in [0.2, 0.25) is 0 Å². The molecule has 2 aromatic rings. The van der Waals surface area contributed by atoms with Crippen molar-refractivity contribution < 1.29 is 35.9 Å². The molecule has 2 rings (SSSR count). The number of hydrogen-bond donors (Lipinski definition) is 1. The van der Waals surface area contributed by atoms with E-state index in [-0.39, 0.29) is 10.6 Å². The topological polar surface area (TPSA) is 107 Å².